The largest absolute Gasteiger partial charge is 0.466 e. The van der Waals surface area contributed by atoms with Gasteiger partial charge in [-0.05, 0) is 51.4 Å². The lowest BCUT2D eigenvalue weighted by molar-refractivity contribution is -0.143. The third-order valence-corrected chi connectivity index (χ3v) is 9.31. The first kappa shape index (κ1) is 45.6. The van der Waals surface area contributed by atoms with Crippen LogP contribution in [0.25, 0.3) is 0 Å². The summed E-state index contributed by atoms with van der Waals surface area (Å²) in [6.45, 7) is 4.82. The molecule has 278 valence electrons. The van der Waals surface area contributed by atoms with E-state index in [9.17, 15) is 19.8 Å². The van der Waals surface area contributed by atoms with Crippen molar-refractivity contribution in [1.82, 2.24) is 5.32 Å². The molecule has 0 aromatic heterocycles. The standard InChI is InChI=1S/C41H79NO5/c1-3-5-7-9-11-13-14-15-19-23-27-31-35-41(46)47-36-32-28-24-20-16-18-22-26-30-34-40(45)42-38(37-43)39(44)33-29-25-21-17-12-10-8-6-4-2/h11,13,38-39,43-44H,3-10,12,14-37H2,1-2H3,(H,42,45)/b13-11-. The fourth-order valence-electron chi connectivity index (χ4n) is 6.10. The Morgan fingerprint density at radius 1 is 0.574 bits per heavy atom. The molecule has 0 aromatic carbocycles. The Labute approximate surface area is 291 Å². The third-order valence-electron chi connectivity index (χ3n) is 9.31. The van der Waals surface area contributed by atoms with Gasteiger partial charge in [-0.15, -0.1) is 0 Å². The smallest absolute Gasteiger partial charge is 0.305 e. The van der Waals surface area contributed by atoms with Crippen LogP contribution in [-0.2, 0) is 14.3 Å². The van der Waals surface area contributed by atoms with E-state index in [0.717, 1.165) is 57.8 Å². The van der Waals surface area contributed by atoms with Crippen LogP contribution in [0.4, 0.5) is 0 Å². The van der Waals surface area contributed by atoms with Crippen LogP contribution in [0.2, 0.25) is 0 Å². The minimum atomic E-state index is -0.678. The van der Waals surface area contributed by atoms with Gasteiger partial charge in [0.2, 0.25) is 5.91 Å². The van der Waals surface area contributed by atoms with Gasteiger partial charge in [-0.1, -0.05) is 161 Å². The van der Waals surface area contributed by atoms with Crippen molar-refractivity contribution in [2.24, 2.45) is 0 Å². The molecule has 0 saturated heterocycles. The minimum absolute atomic E-state index is 0.0363. The van der Waals surface area contributed by atoms with E-state index in [4.69, 9.17) is 4.74 Å². The second kappa shape index (κ2) is 37.4. The van der Waals surface area contributed by atoms with Crippen molar-refractivity contribution in [2.45, 2.75) is 225 Å². The molecule has 1 amide bonds. The molecule has 0 radical (unpaired) electrons. The average Bonchev–Trinajstić information content (AvgIpc) is 3.07. The Hall–Kier alpha value is -1.40. The van der Waals surface area contributed by atoms with Crippen molar-refractivity contribution in [3.63, 3.8) is 0 Å². The lowest BCUT2D eigenvalue weighted by atomic mass is 10.0. The van der Waals surface area contributed by atoms with Gasteiger partial charge in [0.25, 0.3) is 0 Å². The fourth-order valence-corrected chi connectivity index (χ4v) is 6.10. The summed E-state index contributed by atoms with van der Waals surface area (Å²) in [6.07, 6.45) is 38.7. The van der Waals surface area contributed by atoms with Crippen LogP contribution in [0.5, 0.6) is 0 Å². The zero-order valence-corrected chi connectivity index (χ0v) is 31.3. The number of aliphatic hydroxyl groups excluding tert-OH is 2. The van der Waals surface area contributed by atoms with Gasteiger partial charge in [-0.3, -0.25) is 9.59 Å². The molecule has 0 spiro atoms. The van der Waals surface area contributed by atoms with E-state index in [1.54, 1.807) is 0 Å². The van der Waals surface area contributed by atoms with Crippen molar-refractivity contribution in [3.05, 3.63) is 12.2 Å². The number of rotatable bonds is 37. The molecule has 0 fully saturated rings. The van der Waals surface area contributed by atoms with E-state index in [2.05, 4.69) is 31.3 Å². The topological polar surface area (TPSA) is 95.9 Å². The number of nitrogens with one attached hydrogen (secondary N) is 1. The predicted molar refractivity (Wildman–Crippen MR) is 200 cm³/mol. The molecule has 2 atom stereocenters. The zero-order valence-electron chi connectivity index (χ0n) is 31.3. The van der Waals surface area contributed by atoms with E-state index >= 15 is 0 Å². The molecule has 0 aliphatic rings. The highest BCUT2D eigenvalue weighted by Gasteiger charge is 2.20. The molecule has 6 nitrogen and oxygen atoms in total. The van der Waals surface area contributed by atoms with Crippen LogP contribution in [0.15, 0.2) is 12.2 Å². The zero-order chi connectivity index (χ0) is 34.5. The predicted octanol–water partition coefficient (Wildman–Crippen LogP) is 11.1. The second-order valence-corrected chi connectivity index (χ2v) is 14.0. The number of hydrogen-bond donors (Lipinski definition) is 3. The maximum atomic E-state index is 12.3. The Morgan fingerprint density at radius 2 is 1.00 bits per heavy atom. The molecule has 0 aromatic rings. The molecular formula is C41H79NO5. The number of carbonyl (C=O) groups is 2. The van der Waals surface area contributed by atoms with Crippen LogP contribution in [0.1, 0.15) is 213 Å². The maximum Gasteiger partial charge on any atom is 0.305 e. The van der Waals surface area contributed by atoms with Crippen molar-refractivity contribution >= 4 is 11.9 Å². The summed E-state index contributed by atoms with van der Waals surface area (Å²) in [5, 5.41) is 23.0. The van der Waals surface area contributed by atoms with Crippen molar-refractivity contribution < 1.29 is 24.5 Å². The molecule has 0 bridgehead atoms. The Kier molecular flexibility index (Phi) is 36.3. The highest BCUT2D eigenvalue weighted by atomic mass is 16.5. The summed E-state index contributed by atoms with van der Waals surface area (Å²) < 4.78 is 5.41. The summed E-state index contributed by atoms with van der Waals surface area (Å²) in [7, 11) is 0. The van der Waals surface area contributed by atoms with Crippen LogP contribution in [0, 0.1) is 0 Å². The van der Waals surface area contributed by atoms with Crippen LogP contribution in [-0.4, -0.2) is 47.4 Å². The van der Waals surface area contributed by atoms with Gasteiger partial charge < -0.3 is 20.3 Å². The minimum Gasteiger partial charge on any atom is -0.466 e. The Morgan fingerprint density at radius 3 is 1.55 bits per heavy atom. The van der Waals surface area contributed by atoms with Crippen LogP contribution >= 0.6 is 0 Å². The molecule has 0 aliphatic carbocycles. The monoisotopic (exact) mass is 666 g/mol. The molecule has 0 rings (SSSR count). The highest BCUT2D eigenvalue weighted by Crippen LogP contribution is 2.14. The van der Waals surface area contributed by atoms with E-state index in [0.29, 0.717) is 25.9 Å². The molecule has 0 heterocycles. The summed E-state index contributed by atoms with van der Waals surface area (Å²) in [5.74, 6) is -0.103. The van der Waals surface area contributed by atoms with E-state index in [-0.39, 0.29) is 18.5 Å². The molecule has 0 aliphatic heterocycles. The van der Waals surface area contributed by atoms with Crippen molar-refractivity contribution in [3.8, 4) is 0 Å². The van der Waals surface area contributed by atoms with E-state index in [1.807, 2.05) is 0 Å². The summed E-state index contributed by atoms with van der Waals surface area (Å²) in [6, 6.07) is -0.558. The number of amides is 1. The number of allylic oxidation sites excluding steroid dienone is 2. The van der Waals surface area contributed by atoms with Crippen molar-refractivity contribution in [1.29, 1.82) is 0 Å². The van der Waals surface area contributed by atoms with Crippen molar-refractivity contribution in [2.75, 3.05) is 13.2 Å². The summed E-state index contributed by atoms with van der Waals surface area (Å²) in [4.78, 5) is 24.3. The molecule has 3 N–H and O–H groups in total. The van der Waals surface area contributed by atoms with Gasteiger partial charge in [0.05, 0.1) is 25.4 Å². The average molecular weight is 666 g/mol. The molecule has 0 saturated carbocycles. The van der Waals surface area contributed by atoms with E-state index < -0.39 is 12.1 Å². The SMILES string of the molecule is CCCCC/C=C\CCCCCCCC(=O)OCCCCCCCCCCCC(=O)NC(CO)C(O)CCCCCCCCCCC. The number of unbranched alkanes of at least 4 members (excludes halogenated alkanes) is 24. The van der Waals surface area contributed by atoms with Gasteiger partial charge in [-0.2, -0.15) is 0 Å². The van der Waals surface area contributed by atoms with Gasteiger partial charge in [0, 0.05) is 12.8 Å². The number of hydrogen-bond acceptors (Lipinski definition) is 5. The van der Waals surface area contributed by atoms with Gasteiger partial charge >= 0.3 is 5.97 Å². The van der Waals surface area contributed by atoms with E-state index in [1.165, 1.54) is 122 Å². The first-order valence-electron chi connectivity index (χ1n) is 20.4. The fraction of sp³-hybridized carbons (Fsp3) is 0.902. The Balaban J connectivity index is 3.50. The quantitative estimate of drug-likeness (QED) is 0.0349. The van der Waals surface area contributed by atoms with Crippen LogP contribution in [0.3, 0.4) is 0 Å². The Bertz CT molecular complexity index is 697. The maximum absolute atomic E-state index is 12.3. The van der Waals surface area contributed by atoms with Crippen LogP contribution < -0.4 is 5.32 Å². The van der Waals surface area contributed by atoms with Gasteiger partial charge in [-0.25, -0.2) is 0 Å². The third kappa shape index (κ3) is 34.3. The lowest BCUT2D eigenvalue weighted by Crippen LogP contribution is -2.45. The first-order chi connectivity index (χ1) is 23.0. The number of carbonyl (C=O) groups excluding carboxylic acids is 2. The molecule has 6 heteroatoms. The number of esters is 1. The highest BCUT2D eigenvalue weighted by molar-refractivity contribution is 5.76. The van der Waals surface area contributed by atoms with Gasteiger partial charge in [0.15, 0.2) is 0 Å². The number of aliphatic hydroxyl groups is 2. The lowest BCUT2D eigenvalue weighted by Gasteiger charge is -2.22. The second-order valence-electron chi connectivity index (χ2n) is 14.0. The first-order valence-corrected chi connectivity index (χ1v) is 20.4. The summed E-state index contributed by atoms with van der Waals surface area (Å²) >= 11 is 0. The molecular weight excluding hydrogens is 586 g/mol. The normalized spacial score (nSPS) is 12.9. The van der Waals surface area contributed by atoms with Gasteiger partial charge in [0.1, 0.15) is 0 Å². The summed E-state index contributed by atoms with van der Waals surface area (Å²) in [5.41, 5.74) is 0. The molecule has 47 heavy (non-hydrogen) atoms. The number of ether oxygens (including phenoxy) is 1. The molecule has 2 unspecified atom stereocenters.